The zero-order valence-electron chi connectivity index (χ0n) is 6.63. The maximum absolute atomic E-state index is 10.9. The molecule has 1 aliphatic heterocycles. The van der Waals surface area contributed by atoms with E-state index in [2.05, 4.69) is 10.3 Å². The van der Waals surface area contributed by atoms with Crippen LogP contribution in [0, 0.1) is 6.92 Å². The summed E-state index contributed by atoms with van der Waals surface area (Å²) in [5.74, 6) is 1.19. The van der Waals surface area contributed by atoms with Gasteiger partial charge in [0.2, 0.25) is 5.91 Å². The molecule has 1 amide bonds. The van der Waals surface area contributed by atoms with Crippen molar-refractivity contribution in [3.05, 3.63) is 23.4 Å². The fraction of sp³-hybridized carbons (Fsp3) is 0.250. The lowest BCUT2D eigenvalue weighted by Crippen LogP contribution is -2.19. The average molecular weight is 164 g/mol. The van der Waals surface area contributed by atoms with Gasteiger partial charge in [0.25, 0.3) is 0 Å². The quantitative estimate of drug-likeness (QED) is 0.611. The van der Waals surface area contributed by atoms with Crippen molar-refractivity contribution in [2.75, 3.05) is 0 Å². The van der Waals surface area contributed by atoms with E-state index in [-0.39, 0.29) is 5.91 Å². The standard InChI is InChI=1S/C8H8N2O2/c1-5-10-6-4-9-8(11)3-2-7(6)12-5/h2-3H,4H2,1H3,(H,9,11). The molecule has 0 aromatic carbocycles. The van der Waals surface area contributed by atoms with Crippen molar-refractivity contribution in [1.29, 1.82) is 0 Å². The van der Waals surface area contributed by atoms with Crippen LogP contribution < -0.4 is 5.32 Å². The zero-order valence-corrected chi connectivity index (χ0v) is 6.63. The summed E-state index contributed by atoms with van der Waals surface area (Å²) in [6.07, 6.45) is 3.08. The van der Waals surface area contributed by atoms with Gasteiger partial charge in [-0.15, -0.1) is 0 Å². The topological polar surface area (TPSA) is 55.1 Å². The van der Waals surface area contributed by atoms with E-state index in [9.17, 15) is 4.79 Å². The van der Waals surface area contributed by atoms with E-state index in [4.69, 9.17) is 4.42 Å². The number of oxazole rings is 1. The van der Waals surface area contributed by atoms with E-state index >= 15 is 0 Å². The van der Waals surface area contributed by atoms with E-state index in [1.165, 1.54) is 6.08 Å². The first-order valence-electron chi connectivity index (χ1n) is 3.68. The Hall–Kier alpha value is -1.58. The molecule has 0 atom stereocenters. The highest BCUT2D eigenvalue weighted by Crippen LogP contribution is 2.13. The van der Waals surface area contributed by atoms with E-state index in [1.54, 1.807) is 13.0 Å². The van der Waals surface area contributed by atoms with Gasteiger partial charge < -0.3 is 9.73 Å². The van der Waals surface area contributed by atoms with Crippen molar-refractivity contribution in [3.63, 3.8) is 0 Å². The molecule has 4 heteroatoms. The molecule has 2 heterocycles. The van der Waals surface area contributed by atoms with Crippen LogP contribution in [0.5, 0.6) is 0 Å². The summed E-state index contributed by atoms with van der Waals surface area (Å²) in [5.41, 5.74) is 0.787. The zero-order chi connectivity index (χ0) is 8.55. The van der Waals surface area contributed by atoms with Gasteiger partial charge in [-0.2, -0.15) is 0 Å². The van der Waals surface area contributed by atoms with Crippen LogP contribution in [-0.2, 0) is 11.3 Å². The second-order valence-corrected chi connectivity index (χ2v) is 2.59. The van der Waals surface area contributed by atoms with E-state index < -0.39 is 0 Å². The van der Waals surface area contributed by atoms with Crippen molar-refractivity contribution in [3.8, 4) is 0 Å². The van der Waals surface area contributed by atoms with Gasteiger partial charge in [0.05, 0.1) is 6.54 Å². The molecule has 2 rings (SSSR count). The number of rotatable bonds is 0. The van der Waals surface area contributed by atoms with Gasteiger partial charge in [-0.3, -0.25) is 4.79 Å². The van der Waals surface area contributed by atoms with Gasteiger partial charge in [0.15, 0.2) is 11.7 Å². The Balaban J connectivity index is 2.44. The molecule has 12 heavy (non-hydrogen) atoms. The number of aromatic nitrogens is 1. The molecule has 0 unspecified atom stereocenters. The van der Waals surface area contributed by atoms with Crippen LogP contribution in [0.4, 0.5) is 0 Å². The van der Waals surface area contributed by atoms with Crippen LogP contribution in [0.3, 0.4) is 0 Å². The fourth-order valence-electron chi connectivity index (χ4n) is 1.12. The van der Waals surface area contributed by atoms with Gasteiger partial charge in [-0.1, -0.05) is 0 Å². The third-order valence-corrected chi connectivity index (χ3v) is 1.65. The Bertz CT molecular complexity index is 352. The molecular formula is C8H8N2O2. The van der Waals surface area contributed by atoms with E-state index in [0.29, 0.717) is 18.2 Å². The van der Waals surface area contributed by atoms with E-state index in [1.807, 2.05) is 0 Å². The number of nitrogens with zero attached hydrogens (tertiary/aromatic N) is 1. The number of amides is 1. The molecule has 0 bridgehead atoms. The SMILES string of the molecule is Cc1nc2c(o1)C=CC(=O)NC2. The molecular weight excluding hydrogens is 156 g/mol. The molecule has 0 saturated heterocycles. The lowest BCUT2D eigenvalue weighted by atomic mass is 10.3. The van der Waals surface area contributed by atoms with Crippen molar-refractivity contribution in [2.24, 2.45) is 0 Å². The highest BCUT2D eigenvalue weighted by Gasteiger charge is 2.12. The second kappa shape index (κ2) is 2.48. The Morgan fingerprint density at radius 2 is 2.42 bits per heavy atom. The smallest absolute Gasteiger partial charge is 0.244 e. The Kier molecular flexibility index (Phi) is 1.46. The van der Waals surface area contributed by atoms with Crippen LogP contribution in [0.25, 0.3) is 6.08 Å². The first-order valence-corrected chi connectivity index (χ1v) is 3.68. The number of hydrogen-bond acceptors (Lipinski definition) is 3. The number of carbonyl (C=O) groups excluding carboxylic acids is 1. The Morgan fingerprint density at radius 3 is 3.25 bits per heavy atom. The van der Waals surface area contributed by atoms with Crippen LogP contribution in [-0.4, -0.2) is 10.9 Å². The lowest BCUT2D eigenvalue weighted by Gasteiger charge is -1.93. The number of hydrogen-bond donors (Lipinski definition) is 1. The maximum atomic E-state index is 10.9. The Labute approximate surface area is 69.3 Å². The van der Waals surface area contributed by atoms with Gasteiger partial charge in [0.1, 0.15) is 5.69 Å². The minimum absolute atomic E-state index is 0.110. The van der Waals surface area contributed by atoms with Gasteiger partial charge in [-0.25, -0.2) is 4.98 Å². The third kappa shape index (κ3) is 1.11. The number of fused-ring (bicyclic) bond motifs is 1. The molecule has 62 valence electrons. The molecule has 0 saturated carbocycles. The van der Waals surface area contributed by atoms with Crippen LogP contribution in [0.15, 0.2) is 10.5 Å². The van der Waals surface area contributed by atoms with Gasteiger partial charge in [0, 0.05) is 13.0 Å². The van der Waals surface area contributed by atoms with Crippen molar-refractivity contribution in [1.82, 2.24) is 10.3 Å². The van der Waals surface area contributed by atoms with Crippen molar-refractivity contribution in [2.45, 2.75) is 13.5 Å². The minimum atomic E-state index is -0.110. The van der Waals surface area contributed by atoms with Crippen molar-refractivity contribution < 1.29 is 9.21 Å². The highest BCUT2D eigenvalue weighted by molar-refractivity contribution is 5.92. The fourth-order valence-corrected chi connectivity index (χ4v) is 1.12. The summed E-state index contributed by atoms with van der Waals surface area (Å²) in [6, 6.07) is 0. The molecule has 1 aliphatic rings. The summed E-state index contributed by atoms with van der Waals surface area (Å²) in [5, 5.41) is 2.67. The molecule has 1 N–H and O–H groups in total. The summed E-state index contributed by atoms with van der Waals surface area (Å²) < 4.78 is 5.24. The van der Waals surface area contributed by atoms with Crippen LogP contribution in [0.2, 0.25) is 0 Å². The second-order valence-electron chi connectivity index (χ2n) is 2.59. The van der Waals surface area contributed by atoms with Crippen molar-refractivity contribution >= 4 is 12.0 Å². The van der Waals surface area contributed by atoms with Crippen LogP contribution in [0.1, 0.15) is 17.3 Å². The molecule has 0 spiro atoms. The monoisotopic (exact) mass is 164 g/mol. The minimum Gasteiger partial charge on any atom is -0.441 e. The first-order chi connectivity index (χ1) is 5.75. The molecule has 0 fully saturated rings. The highest BCUT2D eigenvalue weighted by atomic mass is 16.4. The summed E-state index contributed by atoms with van der Waals surface area (Å²) >= 11 is 0. The molecule has 1 aromatic rings. The molecule has 0 aliphatic carbocycles. The predicted octanol–water partition coefficient (Wildman–Crippen LogP) is 0.626. The summed E-state index contributed by atoms with van der Waals surface area (Å²) in [7, 11) is 0. The molecule has 4 nitrogen and oxygen atoms in total. The molecule has 0 radical (unpaired) electrons. The number of aryl methyl sites for hydroxylation is 1. The van der Waals surface area contributed by atoms with Crippen LogP contribution >= 0.6 is 0 Å². The predicted molar refractivity (Wildman–Crippen MR) is 42.1 cm³/mol. The summed E-state index contributed by atoms with van der Waals surface area (Å²) in [6.45, 7) is 2.22. The van der Waals surface area contributed by atoms with Gasteiger partial charge in [-0.05, 0) is 6.08 Å². The normalized spacial score (nSPS) is 15.2. The summed E-state index contributed by atoms with van der Waals surface area (Å²) in [4.78, 5) is 15.0. The third-order valence-electron chi connectivity index (χ3n) is 1.65. The lowest BCUT2D eigenvalue weighted by molar-refractivity contribution is -0.116. The average Bonchev–Trinajstić information content (AvgIpc) is 2.31. The first kappa shape index (κ1) is 7.09. The largest absolute Gasteiger partial charge is 0.441 e. The Morgan fingerprint density at radius 1 is 1.58 bits per heavy atom. The molecule has 1 aromatic heterocycles. The van der Waals surface area contributed by atoms with Gasteiger partial charge >= 0.3 is 0 Å². The number of carbonyl (C=O) groups is 1. The number of nitrogens with one attached hydrogen (secondary N) is 1. The van der Waals surface area contributed by atoms with E-state index in [0.717, 1.165) is 5.69 Å². The maximum Gasteiger partial charge on any atom is 0.244 e.